The van der Waals surface area contributed by atoms with E-state index in [1.165, 1.54) is 6.33 Å². The number of ether oxygens (including phenoxy) is 1. The van der Waals surface area contributed by atoms with Crippen LogP contribution >= 0.6 is 0 Å². The Morgan fingerprint density at radius 3 is 2.67 bits per heavy atom. The first-order valence-electron chi connectivity index (χ1n) is 10.2. The number of piperidine rings is 1. The zero-order chi connectivity index (χ0) is 20.9. The number of nitrogens with zero attached hydrogens (tertiary/aromatic N) is 5. The fourth-order valence-corrected chi connectivity index (χ4v) is 3.84. The predicted molar refractivity (Wildman–Crippen MR) is 114 cm³/mol. The Hall–Kier alpha value is -3.20. The summed E-state index contributed by atoms with van der Waals surface area (Å²) in [7, 11) is 1.62. The van der Waals surface area contributed by atoms with Crippen molar-refractivity contribution in [2.24, 2.45) is 0 Å². The maximum Gasteiger partial charge on any atom is 0.251 e. The van der Waals surface area contributed by atoms with Gasteiger partial charge in [-0.05, 0) is 50.1 Å². The minimum Gasteiger partial charge on any atom is -0.497 e. The SMILES string of the molecule is COc1ccc(C(=O)NC2CCN(CCCn3cnc4c(N)ncnc43)CC2)cc1. The van der Waals surface area contributed by atoms with Gasteiger partial charge in [-0.1, -0.05) is 0 Å². The number of likely N-dealkylation sites (tertiary alicyclic amines) is 1. The molecule has 0 radical (unpaired) electrons. The second kappa shape index (κ2) is 9.08. The second-order valence-electron chi connectivity index (χ2n) is 7.54. The number of nitrogens with two attached hydrogens (primary N) is 1. The van der Waals surface area contributed by atoms with Crippen molar-refractivity contribution in [3.8, 4) is 5.75 Å². The first kappa shape index (κ1) is 20.1. The molecule has 0 bridgehead atoms. The third-order valence-electron chi connectivity index (χ3n) is 5.58. The molecule has 0 atom stereocenters. The normalized spacial score (nSPS) is 15.4. The molecule has 9 nitrogen and oxygen atoms in total. The van der Waals surface area contributed by atoms with Crippen molar-refractivity contribution in [3.63, 3.8) is 0 Å². The number of nitrogens with one attached hydrogen (secondary N) is 1. The highest BCUT2D eigenvalue weighted by molar-refractivity contribution is 5.94. The van der Waals surface area contributed by atoms with Crippen molar-refractivity contribution in [1.82, 2.24) is 29.7 Å². The molecule has 0 unspecified atom stereocenters. The quantitative estimate of drug-likeness (QED) is 0.611. The monoisotopic (exact) mass is 409 g/mol. The molecule has 1 fully saturated rings. The molecule has 1 saturated heterocycles. The van der Waals surface area contributed by atoms with E-state index >= 15 is 0 Å². The highest BCUT2D eigenvalue weighted by Crippen LogP contribution is 2.16. The number of amides is 1. The van der Waals surface area contributed by atoms with E-state index in [1.54, 1.807) is 37.7 Å². The Kier molecular flexibility index (Phi) is 6.08. The van der Waals surface area contributed by atoms with E-state index in [1.807, 2.05) is 4.57 Å². The maximum atomic E-state index is 12.4. The standard InChI is InChI=1S/C21H27N7O2/c1-30-17-5-3-15(4-6-17)21(29)26-16-7-11-27(12-8-16)9-2-10-28-14-25-18-19(22)23-13-24-20(18)28/h3-6,13-14,16H,2,7-12H2,1H3,(H,26,29)(H2,22,23,24). The molecule has 1 aliphatic heterocycles. The molecule has 30 heavy (non-hydrogen) atoms. The Labute approximate surface area is 175 Å². The van der Waals surface area contributed by atoms with Gasteiger partial charge in [-0.15, -0.1) is 0 Å². The molecule has 0 spiro atoms. The molecule has 4 rings (SSSR count). The number of aromatic nitrogens is 4. The Morgan fingerprint density at radius 2 is 1.93 bits per heavy atom. The van der Waals surface area contributed by atoms with Crippen LogP contribution in [0.4, 0.5) is 5.82 Å². The van der Waals surface area contributed by atoms with Gasteiger partial charge in [0.05, 0.1) is 13.4 Å². The minimum absolute atomic E-state index is 0.0237. The van der Waals surface area contributed by atoms with E-state index in [0.717, 1.165) is 56.8 Å². The number of fused-ring (bicyclic) bond motifs is 1. The summed E-state index contributed by atoms with van der Waals surface area (Å²) in [6.07, 6.45) is 6.16. The molecular formula is C21H27N7O2. The lowest BCUT2D eigenvalue weighted by atomic mass is 10.0. The van der Waals surface area contributed by atoms with Crippen LogP contribution in [0, 0.1) is 0 Å². The number of benzene rings is 1. The van der Waals surface area contributed by atoms with E-state index in [0.29, 0.717) is 16.9 Å². The number of hydrogen-bond donors (Lipinski definition) is 2. The van der Waals surface area contributed by atoms with Gasteiger partial charge < -0.3 is 25.3 Å². The molecule has 9 heteroatoms. The van der Waals surface area contributed by atoms with Crippen molar-refractivity contribution in [1.29, 1.82) is 0 Å². The van der Waals surface area contributed by atoms with Crippen LogP contribution in [0.25, 0.3) is 11.2 Å². The van der Waals surface area contributed by atoms with Gasteiger partial charge in [-0.25, -0.2) is 15.0 Å². The average molecular weight is 409 g/mol. The molecular weight excluding hydrogens is 382 g/mol. The van der Waals surface area contributed by atoms with Crippen LogP contribution < -0.4 is 15.8 Å². The summed E-state index contributed by atoms with van der Waals surface area (Å²) >= 11 is 0. The lowest BCUT2D eigenvalue weighted by Gasteiger charge is -2.32. The molecule has 2 aromatic heterocycles. The van der Waals surface area contributed by atoms with Gasteiger partial charge in [-0.3, -0.25) is 4.79 Å². The zero-order valence-corrected chi connectivity index (χ0v) is 17.1. The number of carbonyl (C=O) groups is 1. The van der Waals surface area contributed by atoms with Gasteiger partial charge in [-0.2, -0.15) is 0 Å². The lowest BCUT2D eigenvalue weighted by molar-refractivity contribution is 0.0910. The molecule has 1 aromatic carbocycles. The van der Waals surface area contributed by atoms with Gasteiger partial charge in [0.15, 0.2) is 11.5 Å². The van der Waals surface area contributed by atoms with Crippen molar-refractivity contribution in [2.75, 3.05) is 32.5 Å². The van der Waals surface area contributed by atoms with Gasteiger partial charge >= 0.3 is 0 Å². The van der Waals surface area contributed by atoms with Gasteiger partial charge in [0, 0.05) is 31.2 Å². The molecule has 1 amide bonds. The zero-order valence-electron chi connectivity index (χ0n) is 17.1. The first-order valence-corrected chi connectivity index (χ1v) is 10.2. The second-order valence-corrected chi connectivity index (χ2v) is 7.54. The smallest absolute Gasteiger partial charge is 0.251 e. The molecule has 0 aliphatic carbocycles. The fourth-order valence-electron chi connectivity index (χ4n) is 3.84. The van der Waals surface area contributed by atoms with E-state index < -0.39 is 0 Å². The van der Waals surface area contributed by atoms with E-state index in [9.17, 15) is 4.79 Å². The van der Waals surface area contributed by atoms with Crippen molar-refractivity contribution in [2.45, 2.75) is 31.8 Å². The van der Waals surface area contributed by atoms with Crippen LogP contribution in [-0.4, -0.2) is 63.1 Å². The molecule has 0 saturated carbocycles. The highest BCUT2D eigenvalue weighted by atomic mass is 16.5. The number of carbonyl (C=O) groups excluding carboxylic acids is 1. The fraction of sp³-hybridized carbons (Fsp3) is 0.429. The average Bonchev–Trinajstić information content (AvgIpc) is 3.19. The summed E-state index contributed by atoms with van der Waals surface area (Å²) in [4.78, 5) is 27.5. The van der Waals surface area contributed by atoms with Gasteiger partial charge in [0.25, 0.3) is 5.91 Å². The summed E-state index contributed by atoms with van der Waals surface area (Å²) in [5.41, 5.74) is 7.94. The van der Waals surface area contributed by atoms with Gasteiger partial charge in [0.2, 0.25) is 0 Å². The Balaban J connectivity index is 1.21. The number of anilines is 1. The molecule has 3 aromatic rings. The van der Waals surface area contributed by atoms with Crippen LogP contribution in [0.2, 0.25) is 0 Å². The molecule has 3 N–H and O–H groups in total. The number of nitrogen functional groups attached to an aromatic ring is 1. The minimum atomic E-state index is -0.0237. The maximum absolute atomic E-state index is 12.4. The summed E-state index contributed by atoms with van der Waals surface area (Å²) < 4.78 is 7.16. The molecule has 3 heterocycles. The molecule has 1 aliphatic rings. The topological polar surface area (TPSA) is 111 Å². The summed E-state index contributed by atoms with van der Waals surface area (Å²) in [5.74, 6) is 1.14. The van der Waals surface area contributed by atoms with Crippen LogP contribution in [0.15, 0.2) is 36.9 Å². The number of hydrogen-bond acceptors (Lipinski definition) is 7. The van der Waals surface area contributed by atoms with Crippen LogP contribution in [-0.2, 0) is 6.54 Å². The Bertz CT molecular complexity index is 994. The van der Waals surface area contributed by atoms with Gasteiger partial charge in [0.1, 0.15) is 17.6 Å². The van der Waals surface area contributed by atoms with Crippen molar-refractivity contribution < 1.29 is 9.53 Å². The van der Waals surface area contributed by atoms with E-state index in [-0.39, 0.29) is 11.9 Å². The van der Waals surface area contributed by atoms with Crippen LogP contribution in [0.5, 0.6) is 5.75 Å². The number of aryl methyl sites for hydroxylation is 1. The third kappa shape index (κ3) is 4.51. The summed E-state index contributed by atoms with van der Waals surface area (Å²) in [6, 6.07) is 7.42. The Morgan fingerprint density at radius 1 is 1.17 bits per heavy atom. The predicted octanol–water partition coefficient (Wildman–Crippen LogP) is 1.70. The van der Waals surface area contributed by atoms with Crippen LogP contribution in [0.1, 0.15) is 29.6 Å². The lowest BCUT2D eigenvalue weighted by Crippen LogP contribution is -2.44. The summed E-state index contributed by atoms with van der Waals surface area (Å²) in [6.45, 7) is 3.79. The number of rotatable bonds is 7. The number of methoxy groups -OCH3 is 1. The van der Waals surface area contributed by atoms with Crippen molar-refractivity contribution in [3.05, 3.63) is 42.5 Å². The highest BCUT2D eigenvalue weighted by Gasteiger charge is 2.21. The molecule has 158 valence electrons. The first-order chi connectivity index (χ1) is 14.6. The van der Waals surface area contributed by atoms with E-state index in [2.05, 4.69) is 25.2 Å². The van der Waals surface area contributed by atoms with Crippen molar-refractivity contribution >= 4 is 22.9 Å². The number of imidazole rings is 1. The third-order valence-corrected chi connectivity index (χ3v) is 5.58. The summed E-state index contributed by atoms with van der Waals surface area (Å²) in [5, 5.41) is 3.15. The van der Waals surface area contributed by atoms with Crippen LogP contribution in [0.3, 0.4) is 0 Å². The largest absolute Gasteiger partial charge is 0.497 e. The van der Waals surface area contributed by atoms with E-state index in [4.69, 9.17) is 10.5 Å².